The van der Waals surface area contributed by atoms with E-state index >= 15 is 0 Å². The van der Waals surface area contributed by atoms with Gasteiger partial charge in [-0.15, -0.1) is 0 Å². The molecule has 57 heavy (non-hydrogen) atoms. The molecular weight excluding hydrogens is 699 g/mol. The predicted octanol–water partition coefficient (Wildman–Crippen LogP) is 12.9. The van der Waals surface area contributed by atoms with E-state index in [4.69, 9.17) is 19.4 Å². The number of nitrogens with zero attached hydrogens (tertiary/aromatic N) is 5. The van der Waals surface area contributed by atoms with Gasteiger partial charge in [-0.2, -0.15) is 9.97 Å². The highest BCUT2D eigenvalue weighted by molar-refractivity contribution is 6.22. The fourth-order valence-electron chi connectivity index (χ4n) is 9.23. The normalized spacial score (nSPS) is 12.2. The summed E-state index contributed by atoms with van der Waals surface area (Å²) in [5.74, 6) is 1.73. The summed E-state index contributed by atoms with van der Waals surface area (Å²) < 4.78 is 11.0. The van der Waals surface area contributed by atoms with Crippen LogP contribution in [-0.2, 0) is 0 Å². The summed E-state index contributed by atoms with van der Waals surface area (Å²) in [5, 5.41) is 6.78. The molecule has 5 heterocycles. The lowest BCUT2D eigenvalue weighted by molar-refractivity contribution is 0.669. The van der Waals surface area contributed by atoms with E-state index in [9.17, 15) is 0 Å². The predicted molar refractivity (Wildman–Crippen MR) is 231 cm³/mol. The molecule has 4 aromatic heterocycles. The van der Waals surface area contributed by atoms with Crippen LogP contribution in [0.3, 0.4) is 0 Å². The molecule has 0 atom stereocenters. The number of furan rings is 1. The monoisotopic (exact) mass is 727 g/mol. The van der Waals surface area contributed by atoms with Gasteiger partial charge in [0.25, 0.3) is 0 Å². The summed E-state index contributed by atoms with van der Waals surface area (Å²) in [5.41, 5.74) is 14.0. The molecule has 6 heteroatoms. The van der Waals surface area contributed by atoms with Crippen LogP contribution in [0.5, 0.6) is 0 Å². The molecule has 0 aliphatic carbocycles. The molecule has 0 bridgehead atoms. The van der Waals surface area contributed by atoms with Crippen LogP contribution in [0.4, 0.5) is 0 Å². The third-order valence-corrected chi connectivity index (χ3v) is 11.7. The number of para-hydroxylation sites is 4. The molecule has 264 valence electrons. The first-order valence-corrected chi connectivity index (χ1v) is 19.2. The van der Waals surface area contributed by atoms with Crippen molar-refractivity contribution in [3.05, 3.63) is 176 Å². The summed E-state index contributed by atoms with van der Waals surface area (Å²) in [6, 6.07) is 62.1. The Morgan fingerprint density at radius 2 is 0.965 bits per heavy atom. The molecule has 0 saturated carbocycles. The minimum absolute atomic E-state index is 0.555. The molecule has 0 saturated heterocycles. The van der Waals surface area contributed by atoms with E-state index in [1.807, 2.05) is 54.6 Å². The third-order valence-electron chi connectivity index (χ3n) is 11.7. The highest BCUT2D eigenvalue weighted by Gasteiger charge is 2.26. The molecule has 0 radical (unpaired) electrons. The molecule has 0 unspecified atom stereocenters. The zero-order valence-corrected chi connectivity index (χ0v) is 30.4. The largest absolute Gasteiger partial charge is 0.456 e. The van der Waals surface area contributed by atoms with E-state index in [1.54, 1.807) is 0 Å². The molecule has 0 spiro atoms. The van der Waals surface area contributed by atoms with Crippen LogP contribution in [0.15, 0.2) is 180 Å². The van der Waals surface area contributed by atoms with Crippen LogP contribution in [0.2, 0.25) is 0 Å². The molecule has 13 rings (SSSR count). The molecule has 0 amide bonds. The first-order chi connectivity index (χ1) is 28.3. The molecule has 0 fully saturated rings. The Hall–Kier alpha value is -7.83. The van der Waals surface area contributed by atoms with Gasteiger partial charge in [-0.3, -0.25) is 4.57 Å². The summed E-state index contributed by atoms with van der Waals surface area (Å²) >= 11 is 0. The van der Waals surface area contributed by atoms with E-state index < -0.39 is 0 Å². The van der Waals surface area contributed by atoms with Crippen LogP contribution >= 0.6 is 0 Å². The third kappa shape index (κ3) is 4.26. The maximum atomic E-state index is 6.32. The zero-order chi connectivity index (χ0) is 37.2. The standard InChI is InChI=1S/C51H29N5O/c1-2-13-30(14-3-1)49-52-50(31-25-26-37-36-19-8-11-24-46(36)57-47(37)27-31)54-51(53-49)56-43-23-10-7-18-35(43)40-28-44-41(29-45(40)56)39-21-12-20-38-33-16-5-4-15-32(33)34-17-6-9-22-42(34)55(44)48(38)39/h1-29H. The van der Waals surface area contributed by atoms with Gasteiger partial charge in [0.1, 0.15) is 11.2 Å². The van der Waals surface area contributed by atoms with Crippen molar-refractivity contribution in [2.24, 2.45) is 0 Å². The highest BCUT2D eigenvalue weighted by atomic mass is 16.3. The van der Waals surface area contributed by atoms with Gasteiger partial charge in [0.15, 0.2) is 11.6 Å². The van der Waals surface area contributed by atoms with Gasteiger partial charge in [-0.05, 0) is 53.6 Å². The molecule has 1 aliphatic rings. The lowest BCUT2D eigenvalue weighted by Gasteiger charge is -2.12. The van der Waals surface area contributed by atoms with Crippen molar-refractivity contribution in [3.8, 4) is 56.7 Å². The first-order valence-electron chi connectivity index (χ1n) is 19.2. The second-order valence-electron chi connectivity index (χ2n) is 14.8. The number of hydrogen-bond acceptors (Lipinski definition) is 4. The van der Waals surface area contributed by atoms with E-state index in [-0.39, 0.29) is 0 Å². The molecular formula is C51H29N5O. The zero-order valence-electron chi connectivity index (χ0n) is 30.4. The summed E-state index contributed by atoms with van der Waals surface area (Å²) in [6.07, 6.45) is 0. The van der Waals surface area contributed by atoms with Gasteiger partial charge in [0.2, 0.25) is 5.95 Å². The van der Waals surface area contributed by atoms with Crippen molar-refractivity contribution in [3.63, 3.8) is 0 Å². The van der Waals surface area contributed by atoms with Crippen molar-refractivity contribution < 1.29 is 4.42 Å². The number of benzene rings is 8. The van der Waals surface area contributed by atoms with Crippen molar-refractivity contribution in [1.29, 1.82) is 0 Å². The lowest BCUT2D eigenvalue weighted by Crippen LogP contribution is -2.06. The Balaban J connectivity index is 1.12. The van der Waals surface area contributed by atoms with Gasteiger partial charge in [0, 0.05) is 54.6 Å². The smallest absolute Gasteiger partial charge is 0.238 e. The Morgan fingerprint density at radius 1 is 0.351 bits per heavy atom. The SMILES string of the molecule is c1ccc(-c2nc(-c3ccc4c(c3)oc3ccccc34)nc(-n3c4ccccc4c4cc5c(cc43)c3cccc4c3n5-c3ccccc3-c3ccccc3-4)n2)cc1. The fraction of sp³-hybridized carbons (Fsp3) is 0. The first kappa shape index (κ1) is 30.5. The minimum atomic E-state index is 0.555. The quantitative estimate of drug-likeness (QED) is 0.182. The second-order valence-corrected chi connectivity index (χ2v) is 14.8. The Labute approximate surface area is 325 Å². The van der Waals surface area contributed by atoms with E-state index in [0.717, 1.165) is 60.4 Å². The second kappa shape index (κ2) is 11.4. The molecule has 8 aromatic carbocycles. The Morgan fingerprint density at radius 3 is 1.82 bits per heavy atom. The van der Waals surface area contributed by atoms with Crippen LogP contribution in [0.25, 0.3) is 122 Å². The maximum absolute atomic E-state index is 6.32. The van der Waals surface area contributed by atoms with Crippen LogP contribution in [0.1, 0.15) is 0 Å². The van der Waals surface area contributed by atoms with Gasteiger partial charge in [-0.1, -0.05) is 133 Å². The maximum Gasteiger partial charge on any atom is 0.238 e. The molecule has 1 aliphatic heterocycles. The van der Waals surface area contributed by atoms with Crippen molar-refractivity contribution in [2.75, 3.05) is 0 Å². The fourth-order valence-corrected chi connectivity index (χ4v) is 9.23. The molecule has 12 aromatic rings. The highest BCUT2D eigenvalue weighted by Crippen LogP contribution is 2.48. The number of hydrogen-bond donors (Lipinski definition) is 0. The van der Waals surface area contributed by atoms with Crippen molar-refractivity contribution in [2.45, 2.75) is 0 Å². The number of aromatic nitrogens is 5. The van der Waals surface area contributed by atoms with Crippen LogP contribution < -0.4 is 0 Å². The van der Waals surface area contributed by atoms with Crippen molar-refractivity contribution >= 4 is 65.6 Å². The lowest BCUT2D eigenvalue weighted by atomic mass is 9.94. The van der Waals surface area contributed by atoms with Gasteiger partial charge in [0.05, 0.1) is 27.8 Å². The Bertz CT molecular complexity index is 3650. The van der Waals surface area contributed by atoms with Crippen LogP contribution in [0, 0.1) is 0 Å². The van der Waals surface area contributed by atoms with E-state index in [1.165, 1.54) is 44.2 Å². The summed E-state index contributed by atoms with van der Waals surface area (Å²) in [7, 11) is 0. The average Bonchev–Trinajstić information content (AvgIpc) is 3.90. The van der Waals surface area contributed by atoms with Crippen LogP contribution in [-0.4, -0.2) is 24.1 Å². The van der Waals surface area contributed by atoms with Gasteiger partial charge in [-0.25, -0.2) is 4.98 Å². The van der Waals surface area contributed by atoms with E-state index in [2.05, 4.69) is 130 Å². The minimum Gasteiger partial charge on any atom is -0.456 e. The number of fused-ring (bicyclic) bond motifs is 14. The van der Waals surface area contributed by atoms with E-state index in [0.29, 0.717) is 17.6 Å². The summed E-state index contributed by atoms with van der Waals surface area (Å²) in [4.78, 5) is 15.6. The average molecular weight is 728 g/mol. The summed E-state index contributed by atoms with van der Waals surface area (Å²) in [6.45, 7) is 0. The Kier molecular flexibility index (Phi) is 6.07. The van der Waals surface area contributed by atoms with Gasteiger partial charge >= 0.3 is 0 Å². The van der Waals surface area contributed by atoms with Gasteiger partial charge < -0.3 is 8.98 Å². The number of rotatable bonds is 3. The molecule has 6 nitrogen and oxygen atoms in total. The molecule has 0 N–H and O–H groups in total. The topological polar surface area (TPSA) is 61.7 Å². The van der Waals surface area contributed by atoms with Crippen molar-refractivity contribution in [1.82, 2.24) is 24.1 Å².